The third-order valence-electron chi connectivity index (χ3n) is 1.43. The van der Waals surface area contributed by atoms with Gasteiger partial charge in [-0.2, -0.15) is 0 Å². The number of methoxy groups -OCH3 is 1. The van der Waals surface area contributed by atoms with Crippen molar-refractivity contribution in [2.45, 2.75) is 6.92 Å². The van der Waals surface area contributed by atoms with Crippen molar-refractivity contribution in [1.29, 1.82) is 0 Å². The molecule has 0 amide bonds. The summed E-state index contributed by atoms with van der Waals surface area (Å²) in [6.45, 7) is 4.65. The van der Waals surface area contributed by atoms with E-state index in [1.165, 1.54) is 20.1 Å². The van der Waals surface area contributed by atoms with Crippen LogP contribution >= 0.6 is 0 Å². The molecule has 0 unspecified atom stereocenters. The summed E-state index contributed by atoms with van der Waals surface area (Å²) in [5.41, 5.74) is 0.318. The van der Waals surface area contributed by atoms with Gasteiger partial charge >= 0.3 is 13.1 Å². The molecule has 0 atom stereocenters. The van der Waals surface area contributed by atoms with Gasteiger partial charge in [-0.25, -0.2) is 4.79 Å². The number of carbonyl (C=O) groups excluding carboxylic acids is 1. The van der Waals surface area contributed by atoms with Gasteiger partial charge in [0.15, 0.2) is 0 Å². The molecule has 5 nitrogen and oxygen atoms in total. The second-order valence-corrected chi connectivity index (χ2v) is 2.50. The molecule has 14 heavy (non-hydrogen) atoms. The van der Waals surface area contributed by atoms with Crippen molar-refractivity contribution in [3.05, 3.63) is 23.3 Å². The van der Waals surface area contributed by atoms with Crippen LogP contribution in [0.3, 0.4) is 0 Å². The van der Waals surface area contributed by atoms with Crippen LogP contribution in [0.4, 0.5) is 0 Å². The maximum Gasteiger partial charge on any atom is 0.490 e. The van der Waals surface area contributed by atoms with Crippen LogP contribution in [0, 0.1) is 0 Å². The molecule has 0 aliphatic rings. The zero-order valence-electron chi connectivity index (χ0n) is 8.10. The van der Waals surface area contributed by atoms with Crippen LogP contribution in [0.25, 0.3) is 0 Å². The second kappa shape index (κ2) is 6.12. The lowest BCUT2D eigenvalue weighted by Crippen LogP contribution is -2.15. The molecule has 0 radical (unpaired) electrons. The SMILES string of the molecule is C=N/C=C(\C=C(/C)C(=O)OC)B(O)O. The summed E-state index contributed by atoms with van der Waals surface area (Å²) >= 11 is 0. The maximum absolute atomic E-state index is 10.9. The predicted octanol–water partition coefficient (Wildman–Crippen LogP) is -0.298. The van der Waals surface area contributed by atoms with Gasteiger partial charge in [0.25, 0.3) is 0 Å². The number of allylic oxidation sites excluding steroid dienone is 2. The van der Waals surface area contributed by atoms with Gasteiger partial charge in [-0.15, -0.1) is 0 Å². The van der Waals surface area contributed by atoms with Crippen LogP contribution in [0.1, 0.15) is 6.92 Å². The van der Waals surface area contributed by atoms with Gasteiger partial charge in [0.1, 0.15) is 0 Å². The van der Waals surface area contributed by atoms with E-state index in [0.717, 1.165) is 6.20 Å². The van der Waals surface area contributed by atoms with E-state index < -0.39 is 13.1 Å². The number of hydrogen-bond acceptors (Lipinski definition) is 5. The Morgan fingerprint density at radius 3 is 2.50 bits per heavy atom. The lowest BCUT2D eigenvalue weighted by atomic mass is 9.79. The lowest BCUT2D eigenvalue weighted by molar-refractivity contribution is -0.136. The van der Waals surface area contributed by atoms with Crippen molar-refractivity contribution in [1.82, 2.24) is 0 Å². The molecule has 0 aromatic heterocycles. The van der Waals surface area contributed by atoms with Crippen LogP contribution < -0.4 is 0 Å². The fraction of sp³-hybridized carbons (Fsp3) is 0.250. The molecule has 6 heteroatoms. The topological polar surface area (TPSA) is 79.1 Å². The highest BCUT2D eigenvalue weighted by Crippen LogP contribution is 2.05. The Labute approximate surface area is 82.6 Å². The Hall–Kier alpha value is -1.40. The smallest absolute Gasteiger partial charge is 0.466 e. The summed E-state index contributed by atoms with van der Waals surface area (Å²) in [6, 6.07) is 0. The third-order valence-corrected chi connectivity index (χ3v) is 1.43. The molecular weight excluding hydrogens is 185 g/mol. The van der Waals surface area contributed by atoms with Gasteiger partial charge in [0.2, 0.25) is 0 Å². The molecule has 0 spiro atoms. The molecule has 0 saturated carbocycles. The van der Waals surface area contributed by atoms with Gasteiger partial charge in [-0.05, 0) is 13.6 Å². The standard InChI is InChI=1S/C8H12BNO4/c1-6(8(11)14-3)4-7(5-10-2)9(12)13/h4-5,12-13H,2H2,1,3H3/b6-4+,7-5+. The van der Waals surface area contributed by atoms with Gasteiger partial charge in [-0.3, -0.25) is 4.99 Å². The van der Waals surface area contributed by atoms with Gasteiger partial charge in [-0.1, -0.05) is 6.08 Å². The molecular formula is C8H12BNO4. The largest absolute Gasteiger partial charge is 0.490 e. The molecule has 0 saturated heterocycles. The second-order valence-electron chi connectivity index (χ2n) is 2.50. The molecule has 0 aliphatic carbocycles. The monoisotopic (exact) mass is 197 g/mol. The Morgan fingerprint density at radius 1 is 1.57 bits per heavy atom. The number of carbonyl (C=O) groups is 1. The van der Waals surface area contributed by atoms with E-state index in [4.69, 9.17) is 10.0 Å². The minimum Gasteiger partial charge on any atom is -0.466 e. The van der Waals surface area contributed by atoms with E-state index in [1.54, 1.807) is 0 Å². The van der Waals surface area contributed by atoms with Gasteiger partial charge in [0.05, 0.1) is 7.11 Å². The van der Waals surface area contributed by atoms with Crippen molar-refractivity contribution in [3.63, 3.8) is 0 Å². The summed E-state index contributed by atoms with van der Waals surface area (Å²) in [6.07, 6.45) is 2.42. The Balaban J connectivity index is 4.82. The fourth-order valence-corrected chi connectivity index (χ4v) is 0.754. The predicted molar refractivity (Wildman–Crippen MR) is 53.6 cm³/mol. The van der Waals surface area contributed by atoms with E-state index in [0.29, 0.717) is 0 Å². The minimum absolute atomic E-state index is 0.0721. The highest BCUT2D eigenvalue weighted by atomic mass is 16.5. The van der Waals surface area contributed by atoms with Crippen LogP contribution in [0.5, 0.6) is 0 Å². The molecule has 76 valence electrons. The maximum atomic E-state index is 10.9. The number of esters is 1. The first-order chi connectivity index (χ1) is 6.52. The summed E-state index contributed by atoms with van der Waals surface area (Å²) in [7, 11) is -0.454. The third kappa shape index (κ3) is 4.02. The summed E-state index contributed by atoms with van der Waals surface area (Å²) in [5, 5.41) is 17.7. The van der Waals surface area contributed by atoms with Crippen molar-refractivity contribution in [2.24, 2.45) is 4.99 Å². The van der Waals surface area contributed by atoms with E-state index in [9.17, 15) is 4.79 Å². The Kier molecular flexibility index (Phi) is 5.51. The average Bonchev–Trinajstić information content (AvgIpc) is 2.15. The lowest BCUT2D eigenvalue weighted by Gasteiger charge is -2.01. The molecule has 0 bridgehead atoms. The summed E-state index contributed by atoms with van der Waals surface area (Å²) in [5.74, 6) is -0.541. The van der Waals surface area contributed by atoms with Gasteiger partial charge < -0.3 is 14.8 Å². The number of hydrogen-bond donors (Lipinski definition) is 2. The Bertz CT molecular complexity index is 283. The number of ether oxygens (including phenoxy) is 1. The Morgan fingerprint density at radius 2 is 2.14 bits per heavy atom. The number of nitrogens with zero attached hydrogens (tertiary/aromatic N) is 1. The normalized spacial score (nSPS) is 12.3. The molecule has 0 aromatic rings. The summed E-state index contributed by atoms with van der Waals surface area (Å²) < 4.78 is 4.43. The van der Waals surface area contributed by atoms with Crippen LogP contribution in [-0.4, -0.2) is 37.0 Å². The molecule has 0 heterocycles. The zero-order valence-corrected chi connectivity index (χ0v) is 8.10. The first kappa shape index (κ1) is 12.6. The van der Waals surface area contributed by atoms with Crippen molar-refractivity contribution in [2.75, 3.05) is 7.11 Å². The summed E-state index contributed by atoms with van der Waals surface area (Å²) in [4.78, 5) is 14.3. The van der Waals surface area contributed by atoms with E-state index >= 15 is 0 Å². The highest BCUT2D eigenvalue weighted by molar-refractivity contribution is 6.51. The number of rotatable bonds is 4. The molecule has 0 aromatic carbocycles. The average molecular weight is 197 g/mol. The molecule has 0 fully saturated rings. The van der Waals surface area contributed by atoms with E-state index in [1.807, 2.05) is 0 Å². The molecule has 0 aliphatic heterocycles. The first-order valence-electron chi connectivity index (χ1n) is 3.81. The van der Waals surface area contributed by atoms with Crippen LogP contribution in [0.2, 0.25) is 0 Å². The highest BCUT2D eigenvalue weighted by Gasteiger charge is 2.14. The van der Waals surface area contributed by atoms with Crippen molar-refractivity contribution in [3.8, 4) is 0 Å². The number of aliphatic imine (C=N–C) groups is 1. The van der Waals surface area contributed by atoms with Crippen LogP contribution in [0.15, 0.2) is 28.3 Å². The van der Waals surface area contributed by atoms with Crippen molar-refractivity contribution < 1.29 is 19.6 Å². The van der Waals surface area contributed by atoms with E-state index in [2.05, 4.69) is 16.4 Å². The van der Waals surface area contributed by atoms with Gasteiger partial charge in [0, 0.05) is 17.2 Å². The van der Waals surface area contributed by atoms with Crippen LogP contribution in [-0.2, 0) is 9.53 Å². The quantitative estimate of drug-likeness (QED) is 0.213. The van der Waals surface area contributed by atoms with Crippen molar-refractivity contribution >= 4 is 19.8 Å². The van der Waals surface area contributed by atoms with E-state index in [-0.39, 0.29) is 11.0 Å². The minimum atomic E-state index is -1.69. The fourth-order valence-electron chi connectivity index (χ4n) is 0.754. The molecule has 2 N–H and O–H groups in total. The first-order valence-corrected chi connectivity index (χ1v) is 3.81. The zero-order chi connectivity index (χ0) is 11.1. The molecule has 0 rings (SSSR count).